The van der Waals surface area contributed by atoms with Gasteiger partial charge in [-0.2, -0.15) is 4.98 Å². The highest BCUT2D eigenvalue weighted by molar-refractivity contribution is 5.31. The van der Waals surface area contributed by atoms with Crippen molar-refractivity contribution in [1.29, 1.82) is 0 Å². The highest BCUT2D eigenvalue weighted by Gasteiger charge is 2.22. The molecule has 3 N–H and O–H groups in total. The molecule has 1 atom stereocenters. The molecular weight excluding hydrogens is 244 g/mol. The maximum absolute atomic E-state index is 11.8. The van der Waals surface area contributed by atoms with E-state index in [1.165, 1.54) is 0 Å². The summed E-state index contributed by atoms with van der Waals surface area (Å²) in [7, 11) is 0. The number of nitrogens with two attached hydrogens (primary N) is 1. The number of halogens is 2. The van der Waals surface area contributed by atoms with Crippen LogP contribution in [0.4, 0.5) is 14.7 Å². The molecule has 1 aromatic heterocycles. The molecule has 0 saturated carbocycles. The van der Waals surface area contributed by atoms with E-state index in [4.69, 9.17) is 10.5 Å². The molecule has 0 amide bonds. The van der Waals surface area contributed by atoms with Crippen LogP contribution < -0.4 is 10.6 Å². The largest absolute Gasteiger partial charge is 0.375 e. The van der Waals surface area contributed by atoms with Gasteiger partial charge < -0.3 is 15.4 Å². The summed E-state index contributed by atoms with van der Waals surface area (Å²) in [6, 6.07) is 0.168. The van der Waals surface area contributed by atoms with Crippen LogP contribution in [0, 0.1) is 0 Å². The van der Waals surface area contributed by atoms with E-state index in [9.17, 15) is 8.78 Å². The Morgan fingerprint density at radius 3 is 3.06 bits per heavy atom. The number of aromatic nitrogens is 3. The maximum Gasteiger partial charge on any atom is 0.261 e. The lowest BCUT2D eigenvalue weighted by Gasteiger charge is -2.11. The molecule has 18 heavy (non-hydrogen) atoms. The summed E-state index contributed by atoms with van der Waals surface area (Å²) in [5, 5.41) is 6.85. The Bertz CT molecular complexity index is 373. The van der Waals surface area contributed by atoms with E-state index in [-0.39, 0.29) is 12.6 Å². The van der Waals surface area contributed by atoms with Gasteiger partial charge in [-0.3, -0.25) is 5.10 Å². The second-order valence-electron chi connectivity index (χ2n) is 4.29. The minimum Gasteiger partial charge on any atom is -0.375 e. The van der Waals surface area contributed by atoms with E-state index in [1.807, 2.05) is 4.90 Å². The molecule has 1 unspecified atom stereocenters. The zero-order valence-corrected chi connectivity index (χ0v) is 9.98. The van der Waals surface area contributed by atoms with Crippen molar-refractivity contribution in [3.05, 3.63) is 5.82 Å². The van der Waals surface area contributed by atoms with Gasteiger partial charge in [0.05, 0.1) is 6.61 Å². The summed E-state index contributed by atoms with van der Waals surface area (Å²) in [5.74, 6) is 1.26. The molecule has 1 aliphatic rings. The predicted octanol–water partition coefficient (Wildman–Crippen LogP) is 0.166. The standard InChI is InChI=1S/C10H17F2N5O/c11-8(12)6-18-4-2-9-14-10(16-15-9)17-3-1-7(13)5-17/h7-8H,1-6,13H2,(H,14,15,16). The van der Waals surface area contributed by atoms with Crippen LogP contribution in [0.5, 0.6) is 0 Å². The van der Waals surface area contributed by atoms with Gasteiger partial charge in [-0.15, -0.1) is 5.10 Å². The van der Waals surface area contributed by atoms with E-state index in [0.29, 0.717) is 18.2 Å². The van der Waals surface area contributed by atoms with Gasteiger partial charge in [-0.1, -0.05) is 0 Å². The average Bonchev–Trinajstić information content (AvgIpc) is 2.93. The average molecular weight is 261 g/mol. The second-order valence-corrected chi connectivity index (χ2v) is 4.29. The van der Waals surface area contributed by atoms with E-state index >= 15 is 0 Å². The third-order valence-corrected chi connectivity index (χ3v) is 2.75. The van der Waals surface area contributed by atoms with Crippen molar-refractivity contribution in [2.45, 2.75) is 25.3 Å². The van der Waals surface area contributed by atoms with Crippen LogP contribution in [0.15, 0.2) is 0 Å². The molecular formula is C10H17F2N5O. The first kappa shape index (κ1) is 13.2. The number of alkyl halides is 2. The number of hydrogen-bond acceptors (Lipinski definition) is 5. The number of H-pyrrole nitrogens is 1. The Balaban J connectivity index is 1.76. The van der Waals surface area contributed by atoms with Crippen LogP contribution in [0.25, 0.3) is 0 Å². The molecule has 1 aliphatic heterocycles. The molecule has 0 spiro atoms. The molecule has 1 fully saturated rings. The van der Waals surface area contributed by atoms with Crippen LogP contribution in [-0.4, -0.2) is 54.0 Å². The first-order chi connectivity index (χ1) is 8.65. The normalized spacial score (nSPS) is 20.0. The fourth-order valence-corrected chi connectivity index (χ4v) is 1.85. The van der Waals surface area contributed by atoms with E-state index < -0.39 is 13.0 Å². The summed E-state index contributed by atoms with van der Waals surface area (Å²) >= 11 is 0. The van der Waals surface area contributed by atoms with Crippen molar-refractivity contribution in [3.63, 3.8) is 0 Å². The van der Waals surface area contributed by atoms with Crippen LogP contribution >= 0.6 is 0 Å². The Labute approximate surface area is 104 Å². The minimum atomic E-state index is -2.43. The molecule has 2 heterocycles. The van der Waals surface area contributed by atoms with Gasteiger partial charge in [0.1, 0.15) is 12.4 Å². The predicted molar refractivity (Wildman–Crippen MR) is 61.7 cm³/mol. The van der Waals surface area contributed by atoms with Gasteiger partial charge in [0.2, 0.25) is 5.95 Å². The molecule has 102 valence electrons. The van der Waals surface area contributed by atoms with Gasteiger partial charge in [-0.25, -0.2) is 8.78 Å². The summed E-state index contributed by atoms with van der Waals surface area (Å²) in [6.45, 7) is 1.26. The van der Waals surface area contributed by atoms with Crippen molar-refractivity contribution in [1.82, 2.24) is 15.2 Å². The van der Waals surface area contributed by atoms with Crippen molar-refractivity contribution in [3.8, 4) is 0 Å². The Morgan fingerprint density at radius 1 is 1.56 bits per heavy atom. The van der Waals surface area contributed by atoms with E-state index in [0.717, 1.165) is 19.5 Å². The SMILES string of the molecule is NC1CCN(c2n[nH]c(CCOCC(F)F)n2)C1. The molecule has 1 saturated heterocycles. The summed E-state index contributed by atoms with van der Waals surface area (Å²) < 4.78 is 28.4. The van der Waals surface area contributed by atoms with Gasteiger partial charge in [0.15, 0.2) is 0 Å². The number of ether oxygens (including phenoxy) is 1. The zero-order valence-electron chi connectivity index (χ0n) is 9.98. The number of anilines is 1. The fourth-order valence-electron chi connectivity index (χ4n) is 1.85. The lowest BCUT2D eigenvalue weighted by molar-refractivity contribution is 0.0183. The van der Waals surface area contributed by atoms with Gasteiger partial charge in [-0.05, 0) is 6.42 Å². The zero-order chi connectivity index (χ0) is 13.0. The molecule has 0 bridgehead atoms. The van der Waals surface area contributed by atoms with Crippen LogP contribution in [0.1, 0.15) is 12.2 Å². The smallest absolute Gasteiger partial charge is 0.261 e. The number of nitrogens with one attached hydrogen (secondary N) is 1. The second kappa shape index (κ2) is 6.05. The number of aromatic amines is 1. The third kappa shape index (κ3) is 3.61. The monoisotopic (exact) mass is 261 g/mol. The molecule has 0 aromatic carbocycles. The highest BCUT2D eigenvalue weighted by Crippen LogP contribution is 2.14. The molecule has 0 radical (unpaired) electrons. The highest BCUT2D eigenvalue weighted by atomic mass is 19.3. The van der Waals surface area contributed by atoms with Crippen LogP contribution in [-0.2, 0) is 11.2 Å². The molecule has 1 aromatic rings. The molecule has 6 nitrogen and oxygen atoms in total. The molecule has 8 heteroatoms. The third-order valence-electron chi connectivity index (χ3n) is 2.75. The lowest BCUT2D eigenvalue weighted by atomic mass is 10.3. The van der Waals surface area contributed by atoms with Gasteiger partial charge in [0, 0.05) is 25.6 Å². The summed E-state index contributed by atoms with van der Waals surface area (Å²) in [6.07, 6.45) is -1.05. The maximum atomic E-state index is 11.8. The Morgan fingerprint density at radius 2 is 2.39 bits per heavy atom. The number of hydrogen-bond donors (Lipinski definition) is 2. The van der Waals surface area contributed by atoms with E-state index in [2.05, 4.69) is 15.2 Å². The summed E-state index contributed by atoms with van der Waals surface area (Å²) in [4.78, 5) is 6.28. The van der Waals surface area contributed by atoms with Crippen LogP contribution in [0.2, 0.25) is 0 Å². The fraction of sp³-hybridized carbons (Fsp3) is 0.800. The first-order valence-corrected chi connectivity index (χ1v) is 5.93. The Kier molecular flexibility index (Phi) is 4.43. The van der Waals surface area contributed by atoms with Crippen molar-refractivity contribution in [2.24, 2.45) is 5.73 Å². The van der Waals surface area contributed by atoms with Gasteiger partial charge in [0.25, 0.3) is 6.43 Å². The minimum absolute atomic E-state index is 0.168. The van der Waals surface area contributed by atoms with Crippen molar-refractivity contribution < 1.29 is 13.5 Å². The quantitative estimate of drug-likeness (QED) is 0.713. The Hall–Kier alpha value is -1.28. The topological polar surface area (TPSA) is 80.1 Å². The first-order valence-electron chi connectivity index (χ1n) is 5.93. The van der Waals surface area contributed by atoms with Crippen LogP contribution in [0.3, 0.4) is 0 Å². The number of rotatable bonds is 6. The van der Waals surface area contributed by atoms with Crippen molar-refractivity contribution >= 4 is 5.95 Å². The van der Waals surface area contributed by atoms with Crippen molar-refractivity contribution in [2.75, 3.05) is 31.2 Å². The summed E-state index contributed by atoms with van der Waals surface area (Å²) in [5.41, 5.74) is 5.80. The van der Waals surface area contributed by atoms with Gasteiger partial charge >= 0.3 is 0 Å². The van der Waals surface area contributed by atoms with E-state index in [1.54, 1.807) is 0 Å². The molecule has 2 rings (SSSR count). The molecule has 0 aliphatic carbocycles. The lowest BCUT2D eigenvalue weighted by Crippen LogP contribution is -2.27. The number of nitrogens with zero attached hydrogens (tertiary/aromatic N) is 3.